The molecule has 0 N–H and O–H groups in total. The molecule has 100 heavy (non-hydrogen) atoms. The minimum atomic E-state index is -0.266. The molecule has 2 nitrogen and oxygen atoms in total. The number of anilines is 6. The van der Waals surface area contributed by atoms with Crippen molar-refractivity contribution in [1.82, 2.24) is 0 Å². The Labute approximate surface area is 586 Å². The van der Waals surface area contributed by atoms with Crippen molar-refractivity contribution >= 4 is 83.3 Å². The summed E-state index contributed by atoms with van der Waals surface area (Å²) in [6, 6.07) is 112. The number of rotatable bonds is 8. The predicted octanol–water partition coefficient (Wildman–Crippen LogP) is 26.7. The Morgan fingerprint density at radius 3 is 1.28 bits per heavy atom. The molecule has 15 aromatic carbocycles. The molecule has 0 saturated heterocycles. The number of allylic oxidation sites excluding steroid dienone is 1. The first kappa shape index (κ1) is 58.8. The van der Waals surface area contributed by atoms with Gasteiger partial charge < -0.3 is 9.80 Å². The number of fused-ring (bicyclic) bond motifs is 20. The predicted molar refractivity (Wildman–Crippen MR) is 423 cm³/mol. The fraction of sp³-hybridized carbons (Fsp3) is 0.143. The second kappa shape index (κ2) is 21.1. The lowest BCUT2D eigenvalue weighted by molar-refractivity contribution is 0.424. The van der Waals surface area contributed by atoms with Gasteiger partial charge in [-0.05, 0) is 245 Å². The molecule has 5 aliphatic rings. The summed E-state index contributed by atoms with van der Waals surface area (Å²) < 4.78 is 0. The van der Waals surface area contributed by atoms with Crippen molar-refractivity contribution < 1.29 is 0 Å². The summed E-state index contributed by atoms with van der Waals surface area (Å²) in [5, 5.41) is 9.97. The molecule has 0 radical (unpaired) electrons. The summed E-state index contributed by atoms with van der Waals surface area (Å²) in [6.45, 7) is 19.5. The average molecular weight is 1280 g/mol. The standard InChI is InChI=1S/C98H76N2/c1-95(2)83-34-22-21-33-73(83)74-47-40-68(57-88(74)95)99(64-26-11-9-12-27-64)66-42-49-76-81(55-66)90(62-36-45-79-86(53-62)96(3,4)84-51-38-59-23-15-18-30-70(59)92(79)84)77-50-43-67(56-82(77)91(76)63-37-46-80-87(54-63)97(5,6)85-52-39-60-24-16-19-31-71(60)93(80)85)100(65-28-13-10-14-29-65)69-41-48-75-78-44-35-61-25-17-20-32-72(61)94(78)98(7,8)89(75)58-69/h9-58,78,94H,1-8H3. The van der Waals surface area contributed by atoms with Crippen LogP contribution in [0, 0.1) is 0 Å². The molecule has 0 amide bonds. The third-order valence-corrected chi connectivity index (χ3v) is 24.5. The molecular weight excluding hydrogens is 1210 g/mol. The average Bonchev–Trinajstić information content (AvgIpc) is 1.45. The Morgan fingerprint density at radius 2 is 0.700 bits per heavy atom. The van der Waals surface area contributed by atoms with Crippen LogP contribution in [0.25, 0.3) is 105 Å². The Kier molecular flexibility index (Phi) is 12.4. The van der Waals surface area contributed by atoms with Crippen LogP contribution in [-0.4, -0.2) is 0 Å². The summed E-state index contributed by atoms with van der Waals surface area (Å²) in [6.07, 6.45) is 4.83. The summed E-state index contributed by atoms with van der Waals surface area (Å²) in [4.78, 5) is 5.03. The highest BCUT2D eigenvalue weighted by molar-refractivity contribution is 6.23. The van der Waals surface area contributed by atoms with Crippen molar-refractivity contribution in [2.24, 2.45) is 0 Å². The third-order valence-electron chi connectivity index (χ3n) is 24.5. The largest absolute Gasteiger partial charge is 0.310 e. The maximum absolute atomic E-state index is 2.57. The van der Waals surface area contributed by atoms with E-state index >= 15 is 0 Å². The van der Waals surface area contributed by atoms with Crippen LogP contribution in [0.4, 0.5) is 34.1 Å². The zero-order chi connectivity index (χ0) is 67.3. The van der Waals surface area contributed by atoms with E-state index in [1.54, 1.807) is 0 Å². The topological polar surface area (TPSA) is 6.48 Å². The maximum Gasteiger partial charge on any atom is 0.0468 e. The Morgan fingerprint density at radius 1 is 0.260 bits per heavy atom. The van der Waals surface area contributed by atoms with E-state index in [-0.39, 0.29) is 21.7 Å². The zero-order valence-electron chi connectivity index (χ0n) is 57.9. The first-order valence-corrected chi connectivity index (χ1v) is 35.9. The molecule has 0 bridgehead atoms. The van der Waals surface area contributed by atoms with Gasteiger partial charge in [0.05, 0.1) is 0 Å². The van der Waals surface area contributed by atoms with Gasteiger partial charge in [-0.25, -0.2) is 0 Å². The van der Waals surface area contributed by atoms with Gasteiger partial charge in [0.25, 0.3) is 0 Å². The van der Waals surface area contributed by atoms with E-state index in [0.29, 0.717) is 11.8 Å². The summed E-state index contributed by atoms with van der Waals surface area (Å²) >= 11 is 0. The van der Waals surface area contributed by atoms with E-state index in [1.165, 1.54) is 154 Å². The van der Waals surface area contributed by atoms with Crippen LogP contribution in [-0.2, 0) is 21.7 Å². The van der Waals surface area contributed by atoms with Crippen LogP contribution >= 0.6 is 0 Å². The highest BCUT2D eigenvalue weighted by Gasteiger charge is 2.48. The van der Waals surface area contributed by atoms with Crippen molar-refractivity contribution in [2.75, 3.05) is 9.80 Å². The number of benzene rings is 15. The summed E-state index contributed by atoms with van der Waals surface area (Å²) in [7, 11) is 0. The van der Waals surface area contributed by atoms with Crippen LogP contribution in [0.3, 0.4) is 0 Å². The van der Waals surface area contributed by atoms with Crippen molar-refractivity contribution in [3.8, 4) is 55.6 Å². The van der Waals surface area contributed by atoms with E-state index in [0.717, 1.165) is 34.1 Å². The third kappa shape index (κ3) is 8.25. The van der Waals surface area contributed by atoms with E-state index < -0.39 is 0 Å². The molecule has 2 atom stereocenters. The molecule has 2 heteroatoms. The van der Waals surface area contributed by atoms with Crippen LogP contribution in [0.15, 0.2) is 297 Å². The minimum Gasteiger partial charge on any atom is -0.310 e. The van der Waals surface area contributed by atoms with Gasteiger partial charge in [0, 0.05) is 62.2 Å². The normalized spacial score (nSPS) is 16.9. The molecule has 5 aliphatic carbocycles. The number of nitrogens with zero attached hydrogens (tertiary/aromatic N) is 2. The Balaban J connectivity index is 0.869. The highest BCUT2D eigenvalue weighted by Crippen LogP contribution is 2.61. The Hall–Kier alpha value is -11.3. The van der Waals surface area contributed by atoms with Crippen LogP contribution in [0.1, 0.15) is 123 Å². The molecule has 0 heterocycles. The molecule has 0 aromatic heterocycles. The second-order valence-electron chi connectivity index (χ2n) is 31.1. The minimum absolute atomic E-state index is 0.131. The number of hydrogen-bond donors (Lipinski definition) is 0. The fourth-order valence-electron chi connectivity index (χ4n) is 19.6. The molecule has 2 unspecified atom stereocenters. The lowest BCUT2D eigenvalue weighted by atomic mass is 9.69. The van der Waals surface area contributed by atoms with Gasteiger partial charge in [-0.2, -0.15) is 0 Å². The van der Waals surface area contributed by atoms with E-state index in [4.69, 9.17) is 0 Å². The molecule has 15 aromatic rings. The fourth-order valence-corrected chi connectivity index (χ4v) is 19.6. The monoisotopic (exact) mass is 1280 g/mol. The summed E-state index contributed by atoms with van der Waals surface area (Å²) in [5.41, 5.74) is 32.5. The van der Waals surface area contributed by atoms with Gasteiger partial charge in [0.1, 0.15) is 0 Å². The molecule has 20 rings (SSSR count). The van der Waals surface area contributed by atoms with Crippen LogP contribution < -0.4 is 9.80 Å². The quantitative estimate of drug-likeness (QED) is 0.140. The zero-order valence-corrected chi connectivity index (χ0v) is 57.9. The summed E-state index contributed by atoms with van der Waals surface area (Å²) in [5.74, 6) is 0.634. The number of para-hydroxylation sites is 2. The molecule has 0 spiro atoms. The number of hydrogen-bond acceptors (Lipinski definition) is 2. The van der Waals surface area contributed by atoms with E-state index in [1.807, 2.05) is 0 Å². The van der Waals surface area contributed by atoms with Gasteiger partial charge >= 0.3 is 0 Å². The van der Waals surface area contributed by atoms with Crippen LogP contribution in [0.5, 0.6) is 0 Å². The van der Waals surface area contributed by atoms with Crippen molar-refractivity contribution in [3.63, 3.8) is 0 Å². The highest BCUT2D eigenvalue weighted by atomic mass is 15.1. The van der Waals surface area contributed by atoms with Crippen molar-refractivity contribution in [1.29, 1.82) is 0 Å². The van der Waals surface area contributed by atoms with Gasteiger partial charge in [-0.1, -0.05) is 274 Å². The van der Waals surface area contributed by atoms with Gasteiger partial charge in [0.15, 0.2) is 0 Å². The first-order chi connectivity index (χ1) is 48.6. The van der Waals surface area contributed by atoms with Gasteiger partial charge in [0.2, 0.25) is 0 Å². The van der Waals surface area contributed by atoms with Gasteiger partial charge in [-0.3, -0.25) is 0 Å². The molecule has 0 aliphatic heterocycles. The van der Waals surface area contributed by atoms with Crippen LogP contribution in [0.2, 0.25) is 0 Å². The molecule has 0 saturated carbocycles. The lowest BCUT2D eigenvalue weighted by Gasteiger charge is -2.34. The molecule has 0 fully saturated rings. The Bertz CT molecular complexity index is 6060. The molecule has 478 valence electrons. The first-order valence-electron chi connectivity index (χ1n) is 35.9. The maximum atomic E-state index is 2.57. The van der Waals surface area contributed by atoms with Crippen molar-refractivity contribution in [2.45, 2.75) is 88.9 Å². The SMILES string of the molecule is CC1(C)c2ccccc2-c2ccc(N(c3ccccc3)c3ccc4c(-c5ccc6c(c5)C(C)(C)c5ccc7ccccc7c5-6)c5cc(N(c6ccccc6)c6ccc7c(c6)C(C)(C)C6c8ccccc8C=CC76)ccc5c(-c5ccc6c(c5)C(C)(C)c5ccc7ccccc7c5-6)c4c3)cc21. The van der Waals surface area contributed by atoms with E-state index in [2.05, 4.69) is 369 Å². The van der Waals surface area contributed by atoms with E-state index in [9.17, 15) is 0 Å². The molecular formula is C98H76N2. The second-order valence-corrected chi connectivity index (χ2v) is 31.1. The lowest BCUT2D eigenvalue weighted by Crippen LogP contribution is -2.25. The smallest absolute Gasteiger partial charge is 0.0468 e. The van der Waals surface area contributed by atoms with Gasteiger partial charge in [-0.15, -0.1) is 0 Å². The van der Waals surface area contributed by atoms with Crippen molar-refractivity contribution in [3.05, 3.63) is 353 Å².